The van der Waals surface area contributed by atoms with Crippen molar-refractivity contribution in [2.75, 3.05) is 24.3 Å². The number of rotatable bonds is 5. The number of nitro benzene ring substituents is 1. The van der Waals surface area contributed by atoms with E-state index in [4.69, 9.17) is 0 Å². The van der Waals surface area contributed by atoms with Gasteiger partial charge in [0.05, 0.1) is 4.92 Å². The molecule has 0 bridgehead atoms. The van der Waals surface area contributed by atoms with Gasteiger partial charge < -0.3 is 15.5 Å². The van der Waals surface area contributed by atoms with E-state index in [1.54, 1.807) is 13.1 Å². The molecule has 0 atom stereocenters. The molecule has 0 saturated heterocycles. The van der Waals surface area contributed by atoms with E-state index < -0.39 is 4.92 Å². The normalized spacial score (nSPS) is 10.1. The zero-order valence-corrected chi connectivity index (χ0v) is 13.7. The standard InChI is InChI=1S/C16H19N5O3/c1-11-9-13(21(23)24)6-7-14(11)19-16(22)18-10-12-5-4-8-17-15(12)20(2)3/h4-9H,10H2,1-3H3,(H2,18,19,22). The van der Waals surface area contributed by atoms with Crippen molar-refractivity contribution in [3.8, 4) is 0 Å². The molecule has 0 fully saturated rings. The van der Waals surface area contributed by atoms with Crippen molar-refractivity contribution < 1.29 is 9.72 Å². The second-order valence-electron chi connectivity index (χ2n) is 5.44. The molecule has 126 valence electrons. The summed E-state index contributed by atoms with van der Waals surface area (Å²) in [6.45, 7) is 2.02. The fourth-order valence-electron chi connectivity index (χ4n) is 2.21. The lowest BCUT2D eigenvalue weighted by Crippen LogP contribution is -2.29. The van der Waals surface area contributed by atoms with Gasteiger partial charge in [0.1, 0.15) is 5.82 Å². The Balaban J connectivity index is 2.01. The maximum Gasteiger partial charge on any atom is 0.319 e. The Morgan fingerprint density at radius 2 is 2.08 bits per heavy atom. The predicted octanol–water partition coefficient (Wildman–Crippen LogP) is 2.69. The highest BCUT2D eigenvalue weighted by Crippen LogP contribution is 2.21. The number of nitrogens with zero attached hydrogens (tertiary/aromatic N) is 3. The first-order chi connectivity index (χ1) is 11.4. The molecule has 0 unspecified atom stereocenters. The van der Waals surface area contributed by atoms with Crippen LogP contribution in [0, 0.1) is 17.0 Å². The lowest BCUT2D eigenvalue weighted by atomic mass is 10.2. The Hall–Kier alpha value is -3.16. The molecular formula is C16H19N5O3. The minimum atomic E-state index is -0.470. The maximum absolute atomic E-state index is 12.0. The maximum atomic E-state index is 12.0. The molecule has 0 aliphatic rings. The Morgan fingerprint density at radius 3 is 2.71 bits per heavy atom. The molecule has 2 rings (SSSR count). The third-order valence-electron chi connectivity index (χ3n) is 3.40. The molecule has 1 aromatic heterocycles. The lowest BCUT2D eigenvalue weighted by Gasteiger charge is -2.16. The van der Waals surface area contributed by atoms with Gasteiger partial charge in [0.15, 0.2) is 0 Å². The van der Waals surface area contributed by atoms with E-state index in [0.29, 0.717) is 17.8 Å². The number of aryl methyl sites for hydroxylation is 1. The number of nitrogens with one attached hydrogen (secondary N) is 2. The quantitative estimate of drug-likeness (QED) is 0.649. The molecule has 0 spiro atoms. The molecule has 24 heavy (non-hydrogen) atoms. The molecule has 2 amide bonds. The summed E-state index contributed by atoms with van der Waals surface area (Å²) in [4.78, 5) is 28.4. The molecule has 1 heterocycles. The van der Waals surface area contributed by atoms with Crippen molar-refractivity contribution in [1.82, 2.24) is 10.3 Å². The summed E-state index contributed by atoms with van der Waals surface area (Å²) in [5.41, 5.74) is 2.02. The van der Waals surface area contributed by atoms with E-state index in [9.17, 15) is 14.9 Å². The van der Waals surface area contributed by atoms with Crippen LogP contribution in [0.25, 0.3) is 0 Å². The number of carbonyl (C=O) groups excluding carboxylic acids is 1. The van der Waals surface area contributed by atoms with Gasteiger partial charge in [-0.05, 0) is 24.6 Å². The average Bonchev–Trinajstić information content (AvgIpc) is 2.54. The van der Waals surface area contributed by atoms with Crippen LogP contribution in [0.3, 0.4) is 0 Å². The summed E-state index contributed by atoms with van der Waals surface area (Å²) in [6.07, 6.45) is 1.69. The van der Waals surface area contributed by atoms with Crippen LogP contribution in [0.2, 0.25) is 0 Å². The van der Waals surface area contributed by atoms with Crippen molar-refractivity contribution in [3.05, 3.63) is 57.8 Å². The molecule has 1 aromatic carbocycles. The number of carbonyl (C=O) groups is 1. The number of hydrogen-bond donors (Lipinski definition) is 2. The first-order valence-electron chi connectivity index (χ1n) is 7.29. The third kappa shape index (κ3) is 4.19. The molecular weight excluding hydrogens is 310 g/mol. The van der Waals surface area contributed by atoms with Crippen molar-refractivity contribution in [2.24, 2.45) is 0 Å². The van der Waals surface area contributed by atoms with Gasteiger partial charge in [-0.25, -0.2) is 9.78 Å². The summed E-state index contributed by atoms with van der Waals surface area (Å²) in [5, 5.41) is 16.2. The Labute approximate surface area is 139 Å². The summed E-state index contributed by atoms with van der Waals surface area (Å²) >= 11 is 0. The Morgan fingerprint density at radius 1 is 1.33 bits per heavy atom. The largest absolute Gasteiger partial charge is 0.362 e. The van der Waals surface area contributed by atoms with Crippen LogP contribution in [0.5, 0.6) is 0 Å². The van der Waals surface area contributed by atoms with Crippen LogP contribution >= 0.6 is 0 Å². The fourth-order valence-corrected chi connectivity index (χ4v) is 2.21. The molecule has 0 saturated carbocycles. The Bertz CT molecular complexity index is 761. The summed E-state index contributed by atoms with van der Waals surface area (Å²) < 4.78 is 0. The monoisotopic (exact) mass is 329 g/mol. The SMILES string of the molecule is Cc1cc([N+](=O)[O-])ccc1NC(=O)NCc1cccnc1N(C)C. The van der Waals surface area contributed by atoms with E-state index in [2.05, 4.69) is 15.6 Å². The van der Waals surface area contributed by atoms with Gasteiger partial charge >= 0.3 is 6.03 Å². The number of aromatic nitrogens is 1. The minimum absolute atomic E-state index is 0.00978. The molecule has 0 aliphatic carbocycles. The average molecular weight is 329 g/mol. The smallest absolute Gasteiger partial charge is 0.319 e. The first-order valence-corrected chi connectivity index (χ1v) is 7.29. The van der Waals surface area contributed by atoms with Gasteiger partial charge in [-0.3, -0.25) is 10.1 Å². The first kappa shape index (κ1) is 17.2. The van der Waals surface area contributed by atoms with Crippen molar-refractivity contribution in [2.45, 2.75) is 13.5 Å². The number of hydrogen-bond acceptors (Lipinski definition) is 5. The molecule has 8 nitrogen and oxygen atoms in total. The molecule has 8 heteroatoms. The van der Waals surface area contributed by atoms with E-state index in [1.807, 2.05) is 31.1 Å². The van der Waals surface area contributed by atoms with Gasteiger partial charge in [0.2, 0.25) is 0 Å². The molecule has 2 aromatic rings. The fraction of sp³-hybridized carbons (Fsp3) is 0.250. The van der Waals surface area contributed by atoms with Gasteiger partial charge in [0, 0.05) is 50.2 Å². The number of anilines is 2. The van der Waals surface area contributed by atoms with Crippen LogP contribution in [0.15, 0.2) is 36.5 Å². The van der Waals surface area contributed by atoms with Crippen LogP contribution in [0.1, 0.15) is 11.1 Å². The van der Waals surface area contributed by atoms with Crippen LogP contribution < -0.4 is 15.5 Å². The molecule has 0 radical (unpaired) electrons. The van der Waals surface area contributed by atoms with Gasteiger partial charge in [-0.1, -0.05) is 6.07 Å². The highest BCUT2D eigenvalue weighted by Gasteiger charge is 2.11. The zero-order valence-electron chi connectivity index (χ0n) is 13.7. The van der Waals surface area contributed by atoms with Crippen molar-refractivity contribution in [3.63, 3.8) is 0 Å². The van der Waals surface area contributed by atoms with E-state index >= 15 is 0 Å². The molecule has 0 aliphatic heterocycles. The second kappa shape index (κ2) is 7.40. The lowest BCUT2D eigenvalue weighted by molar-refractivity contribution is -0.384. The topological polar surface area (TPSA) is 100 Å². The summed E-state index contributed by atoms with van der Waals surface area (Å²) in [5.74, 6) is 0.782. The second-order valence-corrected chi connectivity index (χ2v) is 5.44. The van der Waals surface area contributed by atoms with Crippen LogP contribution in [0.4, 0.5) is 22.0 Å². The van der Waals surface area contributed by atoms with Gasteiger partial charge in [0.25, 0.3) is 5.69 Å². The Kier molecular flexibility index (Phi) is 5.31. The number of benzene rings is 1. The minimum Gasteiger partial charge on any atom is -0.362 e. The van der Waals surface area contributed by atoms with Crippen LogP contribution in [-0.2, 0) is 6.54 Å². The van der Waals surface area contributed by atoms with E-state index in [1.165, 1.54) is 18.2 Å². The predicted molar refractivity (Wildman–Crippen MR) is 92.3 cm³/mol. The number of urea groups is 1. The van der Waals surface area contributed by atoms with E-state index in [-0.39, 0.29) is 11.7 Å². The highest BCUT2D eigenvalue weighted by atomic mass is 16.6. The van der Waals surface area contributed by atoms with E-state index in [0.717, 1.165) is 11.4 Å². The van der Waals surface area contributed by atoms with Gasteiger partial charge in [-0.2, -0.15) is 0 Å². The molecule has 2 N–H and O–H groups in total. The summed E-state index contributed by atoms with van der Waals surface area (Å²) in [7, 11) is 3.76. The third-order valence-corrected chi connectivity index (χ3v) is 3.40. The van der Waals surface area contributed by atoms with Crippen molar-refractivity contribution >= 4 is 23.2 Å². The summed E-state index contributed by atoms with van der Waals surface area (Å²) in [6, 6.07) is 7.60. The highest BCUT2D eigenvalue weighted by molar-refractivity contribution is 5.90. The zero-order chi connectivity index (χ0) is 17.7. The number of non-ortho nitro benzene ring substituents is 1. The van der Waals surface area contributed by atoms with Crippen molar-refractivity contribution in [1.29, 1.82) is 0 Å². The number of nitro groups is 1. The van der Waals surface area contributed by atoms with Gasteiger partial charge in [-0.15, -0.1) is 0 Å². The number of amides is 2. The van der Waals surface area contributed by atoms with Crippen LogP contribution in [-0.4, -0.2) is 30.0 Å². The number of pyridine rings is 1.